The molecule has 7 heteroatoms. The maximum absolute atomic E-state index is 12.1. The second-order valence-corrected chi connectivity index (χ2v) is 7.56. The van der Waals surface area contributed by atoms with Gasteiger partial charge >= 0.3 is 0 Å². The van der Waals surface area contributed by atoms with Crippen LogP contribution in [0.1, 0.15) is 12.0 Å². The van der Waals surface area contributed by atoms with Gasteiger partial charge in [0.2, 0.25) is 15.9 Å². The van der Waals surface area contributed by atoms with Crippen molar-refractivity contribution in [3.8, 4) is 12.3 Å². The Balaban J connectivity index is 1.88. The number of amides is 1. The third-order valence-corrected chi connectivity index (χ3v) is 5.09. The fourth-order valence-corrected chi connectivity index (χ4v) is 3.20. The van der Waals surface area contributed by atoms with Crippen LogP contribution < -0.4 is 10.0 Å². The molecule has 2 aromatic carbocycles. The summed E-state index contributed by atoms with van der Waals surface area (Å²) in [5.74, 6) is 2.18. The lowest BCUT2D eigenvalue weighted by Gasteiger charge is -2.08. The van der Waals surface area contributed by atoms with Gasteiger partial charge < -0.3 is 5.32 Å². The van der Waals surface area contributed by atoms with Gasteiger partial charge in [-0.05, 0) is 42.5 Å². The Kier molecular flexibility index (Phi) is 6.15. The Labute approximate surface area is 149 Å². The van der Waals surface area contributed by atoms with E-state index in [0.29, 0.717) is 11.3 Å². The summed E-state index contributed by atoms with van der Waals surface area (Å²) in [6.45, 7) is -0.000932. The molecule has 5 nitrogen and oxygen atoms in total. The van der Waals surface area contributed by atoms with E-state index in [4.69, 9.17) is 6.42 Å². The number of benzene rings is 2. The SMILES string of the molecule is C#Cc1cccc(NC(=O)CCNS(=O)(=O)c2ccc(Br)cc2)c1. The fourth-order valence-electron chi connectivity index (χ4n) is 1.91. The zero-order valence-corrected chi connectivity index (χ0v) is 15.0. The van der Waals surface area contributed by atoms with Crippen molar-refractivity contribution in [1.82, 2.24) is 4.72 Å². The third kappa shape index (κ3) is 5.20. The molecule has 0 aliphatic heterocycles. The van der Waals surface area contributed by atoms with E-state index in [1.54, 1.807) is 36.4 Å². The van der Waals surface area contributed by atoms with Crippen molar-refractivity contribution in [3.05, 3.63) is 58.6 Å². The molecule has 0 heterocycles. The largest absolute Gasteiger partial charge is 0.326 e. The molecule has 0 atom stereocenters. The van der Waals surface area contributed by atoms with Gasteiger partial charge in [0.05, 0.1) is 4.90 Å². The molecule has 0 bridgehead atoms. The molecule has 0 aromatic heterocycles. The van der Waals surface area contributed by atoms with Crippen LogP contribution in [0.3, 0.4) is 0 Å². The van der Waals surface area contributed by atoms with Crippen LogP contribution in [-0.2, 0) is 14.8 Å². The first-order chi connectivity index (χ1) is 11.4. The molecule has 0 fully saturated rings. The molecule has 0 unspecified atom stereocenters. The van der Waals surface area contributed by atoms with E-state index in [-0.39, 0.29) is 23.8 Å². The molecule has 0 spiro atoms. The summed E-state index contributed by atoms with van der Waals surface area (Å²) >= 11 is 3.25. The van der Waals surface area contributed by atoms with Gasteiger partial charge in [-0.3, -0.25) is 4.79 Å². The number of rotatable bonds is 6. The number of halogens is 1. The number of carbonyl (C=O) groups is 1. The molecule has 0 aliphatic rings. The second-order valence-electron chi connectivity index (χ2n) is 4.88. The van der Waals surface area contributed by atoms with Gasteiger partial charge in [-0.2, -0.15) is 0 Å². The van der Waals surface area contributed by atoms with E-state index >= 15 is 0 Å². The predicted molar refractivity (Wildman–Crippen MR) is 97.0 cm³/mol. The van der Waals surface area contributed by atoms with Crippen LogP contribution in [0.25, 0.3) is 0 Å². The number of terminal acetylenes is 1. The molecule has 2 rings (SSSR count). The van der Waals surface area contributed by atoms with E-state index in [0.717, 1.165) is 4.47 Å². The molecule has 0 saturated carbocycles. The smallest absolute Gasteiger partial charge is 0.240 e. The Hall–Kier alpha value is -2.14. The molecule has 1 amide bonds. The average Bonchev–Trinajstić information content (AvgIpc) is 2.55. The molecule has 24 heavy (non-hydrogen) atoms. The molecule has 0 saturated heterocycles. The molecule has 0 aliphatic carbocycles. The first kappa shape index (κ1) is 18.2. The van der Waals surface area contributed by atoms with Crippen LogP contribution in [-0.4, -0.2) is 20.9 Å². The highest BCUT2D eigenvalue weighted by atomic mass is 79.9. The summed E-state index contributed by atoms with van der Waals surface area (Å²) in [4.78, 5) is 12.0. The van der Waals surface area contributed by atoms with Crippen molar-refractivity contribution in [2.45, 2.75) is 11.3 Å². The van der Waals surface area contributed by atoms with Crippen molar-refractivity contribution in [2.24, 2.45) is 0 Å². The van der Waals surface area contributed by atoms with Crippen LogP contribution in [0, 0.1) is 12.3 Å². The van der Waals surface area contributed by atoms with E-state index in [9.17, 15) is 13.2 Å². The van der Waals surface area contributed by atoms with Gasteiger partial charge in [0.15, 0.2) is 0 Å². The lowest BCUT2D eigenvalue weighted by molar-refractivity contribution is -0.116. The van der Waals surface area contributed by atoms with E-state index in [1.807, 2.05) is 0 Å². The minimum absolute atomic E-state index is 0.000932. The molecule has 124 valence electrons. The van der Waals surface area contributed by atoms with Crippen LogP contribution in [0.15, 0.2) is 57.9 Å². The van der Waals surface area contributed by atoms with Crippen LogP contribution >= 0.6 is 15.9 Å². The fraction of sp³-hybridized carbons (Fsp3) is 0.118. The quantitative estimate of drug-likeness (QED) is 0.724. The van der Waals surface area contributed by atoms with Crippen molar-refractivity contribution in [3.63, 3.8) is 0 Å². The predicted octanol–water partition coefficient (Wildman–Crippen LogP) is 2.74. The van der Waals surface area contributed by atoms with Gasteiger partial charge in [0.1, 0.15) is 0 Å². The van der Waals surface area contributed by atoms with E-state index in [2.05, 4.69) is 31.9 Å². The number of hydrogen-bond donors (Lipinski definition) is 2. The maximum Gasteiger partial charge on any atom is 0.240 e. The molecule has 0 radical (unpaired) electrons. The first-order valence-corrected chi connectivity index (χ1v) is 9.30. The van der Waals surface area contributed by atoms with Crippen LogP contribution in [0.2, 0.25) is 0 Å². The third-order valence-electron chi connectivity index (χ3n) is 3.08. The zero-order chi connectivity index (χ0) is 17.6. The summed E-state index contributed by atoms with van der Waals surface area (Å²) in [7, 11) is -3.63. The summed E-state index contributed by atoms with van der Waals surface area (Å²) in [5.41, 5.74) is 1.23. The summed E-state index contributed by atoms with van der Waals surface area (Å²) < 4.78 is 27.4. The normalized spacial score (nSPS) is 10.8. The summed E-state index contributed by atoms with van der Waals surface area (Å²) in [6, 6.07) is 13.1. The highest BCUT2D eigenvalue weighted by Crippen LogP contribution is 2.14. The number of sulfonamides is 1. The Morgan fingerprint density at radius 3 is 2.54 bits per heavy atom. The zero-order valence-electron chi connectivity index (χ0n) is 12.6. The molecular formula is C17H15BrN2O3S. The second kappa shape index (κ2) is 8.11. The van der Waals surface area contributed by atoms with Gasteiger partial charge in [-0.25, -0.2) is 13.1 Å². The lowest BCUT2D eigenvalue weighted by Crippen LogP contribution is -2.27. The minimum atomic E-state index is -3.63. The van der Waals surface area contributed by atoms with Crippen molar-refractivity contribution >= 4 is 37.5 Å². The van der Waals surface area contributed by atoms with Gasteiger partial charge in [0.25, 0.3) is 0 Å². The van der Waals surface area contributed by atoms with E-state index in [1.165, 1.54) is 12.1 Å². The van der Waals surface area contributed by atoms with Crippen molar-refractivity contribution in [1.29, 1.82) is 0 Å². The van der Waals surface area contributed by atoms with Crippen LogP contribution in [0.4, 0.5) is 5.69 Å². The van der Waals surface area contributed by atoms with Gasteiger partial charge in [-0.15, -0.1) is 6.42 Å². The molecule has 2 aromatic rings. The Bertz CT molecular complexity index is 871. The number of carbonyl (C=O) groups excluding carboxylic acids is 1. The topological polar surface area (TPSA) is 75.3 Å². The first-order valence-electron chi connectivity index (χ1n) is 7.02. The summed E-state index contributed by atoms with van der Waals surface area (Å²) in [6.07, 6.45) is 5.31. The number of anilines is 1. The van der Waals surface area contributed by atoms with Crippen molar-refractivity contribution < 1.29 is 13.2 Å². The average molecular weight is 407 g/mol. The van der Waals surface area contributed by atoms with Crippen molar-refractivity contribution in [2.75, 3.05) is 11.9 Å². The summed E-state index contributed by atoms with van der Waals surface area (Å²) in [5, 5.41) is 2.67. The standard InChI is InChI=1S/C17H15BrN2O3S/c1-2-13-4-3-5-15(12-13)20-17(21)10-11-19-24(22,23)16-8-6-14(18)7-9-16/h1,3-9,12,19H,10-11H2,(H,20,21). The highest BCUT2D eigenvalue weighted by Gasteiger charge is 2.14. The Morgan fingerprint density at radius 1 is 1.17 bits per heavy atom. The van der Waals surface area contributed by atoms with Gasteiger partial charge in [-0.1, -0.05) is 27.9 Å². The number of hydrogen-bond acceptors (Lipinski definition) is 3. The molecule has 2 N–H and O–H groups in total. The minimum Gasteiger partial charge on any atom is -0.326 e. The van der Waals surface area contributed by atoms with Gasteiger partial charge in [0, 0.05) is 28.7 Å². The lowest BCUT2D eigenvalue weighted by atomic mass is 10.2. The highest BCUT2D eigenvalue weighted by molar-refractivity contribution is 9.10. The van der Waals surface area contributed by atoms with Crippen LogP contribution in [0.5, 0.6) is 0 Å². The maximum atomic E-state index is 12.1. The van der Waals surface area contributed by atoms with E-state index < -0.39 is 10.0 Å². The number of nitrogens with one attached hydrogen (secondary N) is 2. The molecular weight excluding hydrogens is 392 g/mol. The monoisotopic (exact) mass is 406 g/mol. The Morgan fingerprint density at radius 2 is 1.88 bits per heavy atom.